The summed E-state index contributed by atoms with van der Waals surface area (Å²) in [7, 11) is 0. The van der Waals surface area contributed by atoms with Crippen LogP contribution in [-0.2, 0) is 9.47 Å². The van der Waals surface area contributed by atoms with Gasteiger partial charge in [0.15, 0.2) is 6.29 Å². The van der Waals surface area contributed by atoms with Gasteiger partial charge in [-0.05, 0) is 49.6 Å². The molecule has 0 N–H and O–H groups in total. The number of benzene rings is 2. The number of ether oxygens (including phenoxy) is 3. The van der Waals surface area contributed by atoms with Gasteiger partial charge in [0, 0.05) is 13.2 Å². The van der Waals surface area contributed by atoms with E-state index in [1.54, 1.807) is 0 Å². The van der Waals surface area contributed by atoms with Crippen LogP contribution in [-0.4, -0.2) is 26.1 Å². The van der Waals surface area contributed by atoms with Crippen LogP contribution in [0, 0.1) is 6.92 Å². The molecule has 0 saturated carbocycles. The first-order valence-corrected chi connectivity index (χ1v) is 7.76. The van der Waals surface area contributed by atoms with Crippen LogP contribution in [0.4, 0.5) is 0 Å². The zero-order chi connectivity index (χ0) is 15.8. The molecular formula is C19H24O3. The molecule has 22 heavy (non-hydrogen) atoms. The smallest absolute Gasteiger partial charge is 0.191 e. The summed E-state index contributed by atoms with van der Waals surface area (Å²) in [6, 6.07) is 16.5. The second-order valence-electron chi connectivity index (χ2n) is 4.99. The van der Waals surface area contributed by atoms with Crippen molar-refractivity contribution in [3.05, 3.63) is 54.1 Å². The molecule has 0 heterocycles. The molecule has 0 unspecified atom stereocenters. The van der Waals surface area contributed by atoms with Crippen molar-refractivity contribution in [2.45, 2.75) is 27.1 Å². The van der Waals surface area contributed by atoms with Gasteiger partial charge in [0.05, 0.1) is 0 Å². The van der Waals surface area contributed by atoms with Gasteiger partial charge in [0.25, 0.3) is 0 Å². The fourth-order valence-electron chi connectivity index (χ4n) is 2.31. The van der Waals surface area contributed by atoms with Crippen molar-refractivity contribution in [3.8, 4) is 16.9 Å². The van der Waals surface area contributed by atoms with E-state index in [1.165, 1.54) is 16.7 Å². The van der Waals surface area contributed by atoms with E-state index in [4.69, 9.17) is 14.2 Å². The molecule has 0 aromatic heterocycles. The van der Waals surface area contributed by atoms with Gasteiger partial charge in [-0.15, -0.1) is 0 Å². The van der Waals surface area contributed by atoms with E-state index >= 15 is 0 Å². The van der Waals surface area contributed by atoms with E-state index < -0.39 is 0 Å². The molecule has 0 radical (unpaired) electrons. The Labute approximate surface area is 132 Å². The maximum absolute atomic E-state index is 5.74. The van der Waals surface area contributed by atoms with Crippen LogP contribution < -0.4 is 4.74 Å². The zero-order valence-corrected chi connectivity index (χ0v) is 13.5. The lowest BCUT2D eigenvalue weighted by atomic mass is 10.0. The number of rotatable bonds is 8. The molecule has 0 fully saturated rings. The lowest BCUT2D eigenvalue weighted by molar-refractivity contribution is -0.152. The topological polar surface area (TPSA) is 27.7 Å². The van der Waals surface area contributed by atoms with Gasteiger partial charge < -0.3 is 14.2 Å². The fraction of sp³-hybridized carbons (Fsp3) is 0.368. The second-order valence-corrected chi connectivity index (χ2v) is 4.99. The molecule has 0 aliphatic carbocycles. The number of hydrogen-bond donors (Lipinski definition) is 0. The van der Waals surface area contributed by atoms with E-state index in [0.717, 1.165) is 5.75 Å². The highest BCUT2D eigenvalue weighted by atomic mass is 16.7. The maximum atomic E-state index is 5.74. The third-order valence-electron chi connectivity index (χ3n) is 3.40. The Morgan fingerprint density at radius 2 is 1.50 bits per heavy atom. The largest absolute Gasteiger partial charge is 0.488 e. The average molecular weight is 300 g/mol. The Morgan fingerprint density at radius 3 is 2.09 bits per heavy atom. The summed E-state index contributed by atoms with van der Waals surface area (Å²) in [4.78, 5) is 0. The molecule has 0 bridgehead atoms. The highest BCUT2D eigenvalue weighted by molar-refractivity contribution is 5.67. The predicted molar refractivity (Wildman–Crippen MR) is 89.2 cm³/mol. The van der Waals surface area contributed by atoms with Crippen LogP contribution >= 0.6 is 0 Å². The summed E-state index contributed by atoms with van der Waals surface area (Å²) < 4.78 is 16.7. The van der Waals surface area contributed by atoms with Gasteiger partial charge in [-0.1, -0.05) is 36.4 Å². The molecule has 118 valence electrons. The van der Waals surface area contributed by atoms with Gasteiger partial charge in [0.2, 0.25) is 0 Å². The van der Waals surface area contributed by atoms with Crippen molar-refractivity contribution in [1.82, 2.24) is 0 Å². The van der Waals surface area contributed by atoms with E-state index in [-0.39, 0.29) is 6.29 Å². The molecule has 3 nitrogen and oxygen atoms in total. The fourth-order valence-corrected chi connectivity index (χ4v) is 2.31. The van der Waals surface area contributed by atoms with E-state index in [9.17, 15) is 0 Å². The Bertz CT molecular complexity index is 557. The summed E-state index contributed by atoms with van der Waals surface area (Å²) in [6.45, 7) is 7.63. The van der Waals surface area contributed by atoms with Gasteiger partial charge in [-0.3, -0.25) is 0 Å². The minimum Gasteiger partial charge on any atom is -0.488 e. The van der Waals surface area contributed by atoms with E-state index in [1.807, 2.05) is 26.0 Å². The summed E-state index contributed by atoms with van der Waals surface area (Å²) in [5.41, 5.74) is 3.70. The standard InChI is InChI=1S/C19H24O3/c1-4-20-19(21-5-2)14-22-17-12-10-16(11-13-17)18-9-7-6-8-15(18)3/h6-13,19H,4-5,14H2,1-3H3. The third-order valence-corrected chi connectivity index (χ3v) is 3.40. The van der Waals surface area contributed by atoms with Crippen molar-refractivity contribution in [2.75, 3.05) is 19.8 Å². The molecule has 0 spiro atoms. The van der Waals surface area contributed by atoms with Crippen LogP contribution in [0.15, 0.2) is 48.5 Å². The first-order chi connectivity index (χ1) is 10.7. The molecule has 0 aliphatic heterocycles. The molecule has 0 saturated heterocycles. The molecule has 0 atom stereocenters. The molecular weight excluding hydrogens is 276 g/mol. The molecule has 3 heteroatoms. The Kier molecular flexibility index (Phi) is 6.44. The summed E-state index contributed by atoms with van der Waals surface area (Å²) in [6.07, 6.45) is -0.314. The highest BCUT2D eigenvalue weighted by Crippen LogP contribution is 2.25. The second kappa shape index (κ2) is 8.57. The average Bonchev–Trinajstić information content (AvgIpc) is 2.54. The third kappa shape index (κ3) is 4.58. The molecule has 0 aliphatic rings. The van der Waals surface area contributed by atoms with Crippen molar-refractivity contribution in [2.24, 2.45) is 0 Å². The van der Waals surface area contributed by atoms with Crippen LogP contribution in [0.2, 0.25) is 0 Å². The van der Waals surface area contributed by atoms with Crippen molar-refractivity contribution < 1.29 is 14.2 Å². The summed E-state index contributed by atoms with van der Waals surface area (Å²) >= 11 is 0. The van der Waals surface area contributed by atoms with Crippen LogP contribution in [0.1, 0.15) is 19.4 Å². The first-order valence-electron chi connectivity index (χ1n) is 7.76. The van der Waals surface area contributed by atoms with Crippen molar-refractivity contribution >= 4 is 0 Å². The van der Waals surface area contributed by atoms with Gasteiger partial charge in [0.1, 0.15) is 12.4 Å². The van der Waals surface area contributed by atoms with E-state index in [0.29, 0.717) is 19.8 Å². The maximum Gasteiger partial charge on any atom is 0.191 e. The highest BCUT2D eigenvalue weighted by Gasteiger charge is 2.09. The van der Waals surface area contributed by atoms with Gasteiger partial charge >= 0.3 is 0 Å². The van der Waals surface area contributed by atoms with Gasteiger partial charge in [-0.2, -0.15) is 0 Å². The van der Waals surface area contributed by atoms with Crippen molar-refractivity contribution in [3.63, 3.8) is 0 Å². The Balaban J connectivity index is 1.99. The normalized spacial score (nSPS) is 10.9. The van der Waals surface area contributed by atoms with Crippen LogP contribution in [0.3, 0.4) is 0 Å². The minimum absolute atomic E-state index is 0.314. The van der Waals surface area contributed by atoms with Crippen LogP contribution in [0.25, 0.3) is 11.1 Å². The Morgan fingerprint density at radius 1 is 0.864 bits per heavy atom. The lowest BCUT2D eigenvalue weighted by Gasteiger charge is -2.17. The molecule has 0 amide bonds. The summed E-state index contributed by atoms with van der Waals surface area (Å²) in [5.74, 6) is 0.821. The predicted octanol–water partition coefficient (Wildman–Crippen LogP) is 4.44. The molecule has 2 rings (SSSR count). The quantitative estimate of drug-likeness (QED) is 0.675. The first kappa shape index (κ1) is 16.5. The Hall–Kier alpha value is -1.84. The summed E-state index contributed by atoms with van der Waals surface area (Å²) in [5, 5.41) is 0. The van der Waals surface area contributed by atoms with Crippen molar-refractivity contribution in [1.29, 1.82) is 0 Å². The van der Waals surface area contributed by atoms with E-state index in [2.05, 4.69) is 43.3 Å². The number of aryl methyl sites for hydroxylation is 1. The SMILES string of the molecule is CCOC(COc1ccc(-c2ccccc2C)cc1)OCC. The number of hydrogen-bond acceptors (Lipinski definition) is 3. The monoisotopic (exact) mass is 300 g/mol. The molecule has 2 aromatic rings. The van der Waals surface area contributed by atoms with Gasteiger partial charge in [-0.25, -0.2) is 0 Å². The molecule has 2 aromatic carbocycles. The lowest BCUT2D eigenvalue weighted by Crippen LogP contribution is -2.25. The zero-order valence-electron chi connectivity index (χ0n) is 13.5. The van der Waals surface area contributed by atoms with Crippen LogP contribution in [0.5, 0.6) is 5.75 Å². The minimum atomic E-state index is -0.314.